The van der Waals surface area contributed by atoms with Crippen molar-refractivity contribution in [3.63, 3.8) is 0 Å². The number of carbonyl (C=O) groups excluding carboxylic acids is 1. The Balaban J connectivity index is 1.62. The first-order valence-corrected chi connectivity index (χ1v) is 22.4. The summed E-state index contributed by atoms with van der Waals surface area (Å²) in [6, 6.07) is 5.86. The molecule has 3 aliphatic heterocycles. The zero-order chi connectivity index (χ0) is 32.3. The van der Waals surface area contributed by atoms with Gasteiger partial charge >= 0.3 is 0 Å². The fourth-order valence-corrected chi connectivity index (χ4v) is 15.4. The van der Waals surface area contributed by atoms with Crippen molar-refractivity contribution >= 4 is 22.4 Å². The van der Waals surface area contributed by atoms with Gasteiger partial charge in [-0.25, -0.2) is 0 Å². The molecule has 3 heterocycles. The van der Waals surface area contributed by atoms with Crippen molar-refractivity contribution in [3.8, 4) is 0 Å². The van der Waals surface area contributed by atoms with E-state index in [-0.39, 0.29) is 48.0 Å². The minimum absolute atomic E-state index is 0.0329. The first-order chi connectivity index (χ1) is 20.6. The lowest BCUT2D eigenvalue weighted by molar-refractivity contribution is -0.280. The van der Waals surface area contributed by atoms with Gasteiger partial charge in [-0.15, -0.1) is 0 Å². The third-order valence-corrected chi connectivity index (χ3v) is 22.0. The van der Waals surface area contributed by atoms with Gasteiger partial charge in [-0.1, -0.05) is 59.8 Å². The van der Waals surface area contributed by atoms with Crippen molar-refractivity contribution in [2.45, 2.75) is 159 Å². The molecule has 10 heteroatoms. The highest BCUT2D eigenvalue weighted by molar-refractivity contribution is 6.74. The molecule has 0 spiro atoms. The summed E-state index contributed by atoms with van der Waals surface area (Å²) in [5.74, 6) is -2.74. The Labute approximate surface area is 266 Å². The van der Waals surface area contributed by atoms with Crippen molar-refractivity contribution in [2.75, 3.05) is 0 Å². The second kappa shape index (κ2) is 10.7. The predicted octanol–water partition coefficient (Wildman–Crippen LogP) is 5.50. The Morgan fingerprint density at radius 3 is 1.98 bits per heavy atom. The number of fused-ring (bicyclic) bond motifs is 5. The maximum absolute atomic E-state index is 14.2. The maximum atomic E-state index is 14.2. The minimum Gasteiger partial charge on any atom is -0.411 e. The molecule has 11 atom stereocenters. The average Bonchev–Trinajstić information content (AvgIpc) is 3.90. The first-order valence-electron chi connectivity index (χ1n) is 17.3. The van der Waals surface area contributed by atoms with Crippen LogP contribution >= 0.6 is 0 Å². The zero-order valence-corrected chi connectivity index (χ0v) is 30.5. The van der Waals surface area contributed by atoms with Gasteiger partial charge in [0.1, 0.15) is 24.4 Å². The van der Waals surface area contributed by atoms with Crippen molar-refractivity contribution in [1.29, 1.82) is 0 Å². The van der Waals surface area contributed by atoms with Crippen LogP contribution < -0.4 is 0 Å². The Kier molecular flexibility index (Phi) is 8.04. The highest BCUT2D eigenvalue weighted by Crippen LogP contribution is 2.74. The molecule has 0 radical (unpaired) electrons. The number of epoxide rings is 2. The van der Waals surface area contributed by atoms with Crippen LogP contribution in [-0.2, 0) is 27.9 Å². The molecule has 2 N–H and O–H groups in total. The fourth-order valence-electron chi connectivity index (χ4n) is 9.71. The molecule has 248 valence electrons. The molecule has 0 aromatic carbocycles. The minimum atomic E-state index is -2.19. The summed E-state index contributed by atoms with van der Waals surface area (Å²) in [6.07, 6.45) is 3.51. The third-order valence-electron chi connectivity index (χ3n) is 12.7. The lowest BCUT2D eigenvalue weighted by Gasteiger charge is -2.59. The van der Waals surface area contributed by atoms with E-state index in [1.54, 1.807) is 19.9 Å². The van der Waals surface area contributed by atoms with Crippen LogP contribution in [0.25, 0.3) is 0 Å². The maximum Gasteiger partial charge on any atom is 0.205 e. The fraction of sp³-hybridized carbons (Fsp3) is 0.853. The summed E-state index contributed by atoms with van der Waals surface area (Å²) in [5.41, 5.74) is -2.23. The number of rotatable bonds is 12. The van der Waals surface area contributed by atoms with Gasteiger partial charge in [-0.05, 0) is 64.0 Å². The molecule has 3 aliphatic carbocycles. The molecule has 0 bridgehead atoms. The summed E-state index contributed by atoms with van der Waals surface area (Å²) in [5, 5.41) is 23.9. The number of ether oxygens (including phenoxy) is 3. The van der Waals surface area contributed by atoms with Gasteiger partial charge in [0, 0.05) is 23.3 Å². The largest absolute Gasteiger partial charge is 0.411 e. The molecular formula is C34H56O8Si2. The molecule has 6 aliphatic rings. The lowest BCUT2D eigenvalue weighted by atomic mass is 9.46. The van der Waals surface area contributed by atoms with Crippen LogP contribution in [0.1, 0.15) is 69.2 Å². The van der Waals surface area contributed by atoms with Crippen LogP contribution in [0.3, 0.4) is 0 Å². The smallest absolute Gasteiger partial charge is 0.205 e. The first kappa shape index (κ1) is 33.2. The molecule has 8 nitrogen and oxygen atoms in total. The standard InChI is InChI=1S/C34H56O8Si2/c1-11-43(12-2,13-3)40-25-22-20(24(35)27-28(25)38-27)19-21-32(9,10)42-34(37)30-29(39-30)26(41-44(14-4,15-5)16-6)23(22)33(21,34)18-17-31(7,8)36/h17-19,21-23,25-30,36-37H,11-16H2,1-10H3/b18-17+/t21-,22-,23-,25-,26-,27-,28+,29+,30+,33-,34+/m1/s1. The number of Topliss-reactive ketones (excluding diaryl/α,β-unsaturated/α-hetero) is 1. The van der Waals surface area contributed by atoms with E-state index in [4.69, 9.17) is 23.1 Å². The number of carbonyl (C=O) groups is 1. The summed E-state index contributed by atoms with van der Waals surface area (Å²) in [7, 11) is -4.33. The summed E-state index contributed by atoms with van der Waals surface area (Å²) < 4.78 is 34.2. The molecule has 0 amide bonds. The summed E-state index contributed by atoms with van der Waals surface area (Å²) in [6.45, 7) is 20.9. The Hall–Kier alpha value is -0.696. The van der Waals surface area contributed by atoms with E-state index in [0.29, 0.717) is 0 Å². The van der Waals surface area contributed by atoms with E-state index in [9.17, 15) is 15.0 Å². The van der Waals surface area contributed by atoms with Crippen molar-refractivity contribution in [2.24, 2.45) is 23.2 Å². The Morgan fingerprint density at radius 2 is 1.45 bits per heavy atom. The summed E-state index contributed by atoms with van der Waals surface area (Å²) >= 11 is 0. The summed E-state index contributed by atoms with van der Waals surface area (Å²) in [4.78, 5) is 14.2. The second-order valence-corrected chi connectivity index (χ2v) is 25.0. The van der Waals surface area contributed by atoms with E-state index >= 15 is 0 Å². The van der Waals surface area contributed by atoms with Crippen molar-refractivity contribution in [1.82, 2.24) is 0 Å². The van der Waals surface area contributed by atoms with Gasteiger partial charge in [0.2, 0.25) is 5.79 Å². The van der Waals surface area contributed by atoms with Gasteiger partial charge in [-0.2, -0.15) is 0 Å². The SMILES string of the molecule is CC[Si](CC)(CC)O[C@H]1[C@@H]2O[C@@H]2C(=O)C2=C[C@@H]3C(C)(C)O[C@@]4(O)[C@H]5O[C@H]5[C@H](O[Si](CC)(CC)CC)[C@@H]([C@@H]21)[C@@]34/C=C/C(C)(C)O. The van der Waals surface area contributed by atoms with Crippen LogP contribution in [0.5, 0.6) is 0 Å². The molecule has 5 fully saturated rings. The number of hydrogen-bond donors (Lipinski definition) is 2. The van der Waals surface area contributed by atoms with Crippen molar-refractivity contribution < 1.29 is 38.1 Å². The highest BCUT2D eigenvalue weighted by atomic mass is 28.4. The second-order valence-electron chi connectivity index (χ2n) is 15.5. The molecule has 0 unspecified atom stereocenters. The average molecular weight is 649 g/mol. The van der Waals surface area contributed by atoms with Gasteiger partial charge in [-0.3, -0.25) is 4.79 Å². The Bertz CT molecular complexity index is 1200. The molecule has 2 saturated carbocycles. The molecule has 0 aromatic rings. The van der Waals surface area contributed by atoms with E-state index in [1.165, 1.54) is 0 Å². The van der Waals surface area contributed by atoms with E-state index in [2.05, 4.69) is 47.6 Å². The van der Waals surface area contributed by atoms with Crippen LogP contribution in [-0.4, -0.2) is 86.2 Å². The van der Waals surface area contributed by atoms with E-state index in [1.807, 2.05) is 19.9 Å². The van der Waals surface area contributed by atoms with E-state index < -0.39 is 51.2 Å². The topological polar surface area (TPSA) is 110 Å². The highest BCUT2D eigenvalue weighted by Gasteiger charge is 2.85. The van der Waals surface area contributed by atoms with Gasteiger partial charge < -0.3 is 33.3 Å². The van der Waals surface area contributed by atoms with Crippen molar-refractivity contribution in [3.05, 3.63) is 23.8 Å². The lowest BCUT2D eigenvalue weighted by Crippen LogP contribution is -2.70. The number of ketones is 1. The normalized spacial score (nSPS) is 43.7. The Morgan fingerprint density at radius 1 is 0.909 bits per heavy atom. The third kappa shape index (κ3) is 4.56. The van der Waals surface area contributed by atoms with Crippen LogP contribution in [0, 0.1) is 23.2 Å². The van der Waals surface area contributed by atoms with Crippen LogP contribution in [0.2, 0.25) is 36.3 Å². The predicted molar refractivity (Wildman–Crippen MR) is 173 cm³/mol. The van der Waals surface area contributed by atoms with Gasteiger partial charge in [0.05, 0.1) is 28.8 Å². The monoisotopic (exact) mass is 648 g/mol. The van der Waals surface area contributed by atoms with Crippen LogP contribution in [0.4, 0.5) is 0 Å². The van der Waals surface area contributed by atoms with E-state index in [0.717, 1.165) is 41.8 Å². The van der Waals surface area contributed by atoms with Crippen LogP contribution in [0.15, 0.2) is 23.8 Å². The number of aliphatic hydroxyl groups is 2. The quantitative estimate of drug-likeness (QED) is 0.162. The molecule has 6 rings (SSSR count). The molecular weight excluding hydrogens is 593 g/mol. The number of hydrogen-bond acceptors (Lipinski definition) is 8. The molecule has 3 saturated heterocycles. The van der Waals surface area contributed by atoms with Gasteiger partial charge in [0.15, 0.2) is 22.4 Å². The molecule has 0 aromatic heterocycles. The van der Waals surface area contributed by atoms with Gasteiger partial charge in [0.25, 0.3) is 0 Å². The zero-order valence-electron chi connectivity index (χ0n) is 28.5. The molecule has 44 heavy (non-hydrogen) atoms.